The number of hydrogen-bond donors (Lipinski definition) is 0. The van der Waals surface area contributed by atoms with Crippen LogP contribution in [0.1, 0.15) is 61.3 Å². The van der Waals surface area contributed by atoms with Gasteiger partial charge in [-0.25, -0.2) is 9.67 Å². The SMILES string of the molecule is Cc1nc(C)n(C[C@@H]2CCCCN2Cc2nnc(C3CC3)n2C)n1. The van der Waals surface area contributed by atoms with Crippen LogP contribution in [0.25, 0.3) is 0 Å². The van der Waals surface area contributed by atoms with Crippen molar-refractivity contribution in [1.82, 2.24) is 34.4 Å². The molecule has 1 saturated heterocycles. The van der Waals surface area contributed by atoms with Gasteiger partial charge in [0.15, 0.2) is 0 Å². The molecule has 0 spiro atoms. The molecular weight excluding hydrogens is 302 g/mol. The summed E-state index contributed by atoms with van der Waals surface area (Å²) in [6.07, 6.45) is 6.30. The van der Waals surface area contributed by atoms with E-state index in [1.807, 2.05) is 13.8 Å². The number of nitrogens with zero attached hydrogens (tertiary/aromatic N) is 7. The summed E-state index contributed by atoms with van der Waals surface area (Å²) in [6, 6.07) is 0.500. The molecule has 2 aliphatic rings. The van der Waals surface area contributed by atoms with Crippen LogP contribution >= 0.6 is 0 Å². The lowest BCUT2D eigenvalue weighted by Crippen LogP contribution is -2.42. The molecule has 0 radical (unpaired) electrons. The third-order valence-electron chi connectivity index (χ3n) is 5.38. The van der Waals surface area contributed by atoms with Crippen LogP contribution in [0.4, 0.5) is 0 Å². The molecule has 3 heterocycles. The van der Waals surface area contributed by atoms with Gasteiger partial charge >= 0.3 is 0 Å². The summed E-state index contributed by atoms with van der Waals surface area (Å²) in [5, 5.41) is 13.4. The number of rotatable bonds is 5. The number of aryl methyl sites for hydroxylation is 2. The average molecular weight is 329 g/mol. The highest BCUT2D eigenvalue weighted by Crippen LogP contribution is 2.38. The average Bonchev–Trinajstić information content (AvgIpc) is 3.26. The van der Waals surface area contributed by atoms with Crippen molar-refractivity contribution in [2.45, 2.75) is 71.0 Å². The minimum atomic E-state index is 0.500. The molecule has 24 heavy (non-hydrogen) atoms. The zero-order valence-electron chi connectivity index (χ0n) is 14.9. The predicted molar refractivity (Wildman–Crippen MR) is 90.5 cm³/mol. The normalized spacial score (nSPS) is 22.2. The lowest BCUT2D eigenvalue weighted by Gasteiger charge is -2.35. The van der Waals surface area contributed by atoms with Crippen molar-refractivity contribution in [2.24, 2.45) is 7.05 Å². The van der Waals surface area contributed by atoms with Crippen LogP contribution in [-0.4, -0.2) is 47.0 Å². The molecule has 0 unspecified atom stereocenters. The van der Waals surface area contributed by atoms with Gasteiger partial charge in [-0.2, -0.15) is 5.10 Å². The summed E-state index contributed by atoms with van der Waals surface area (Å²) >= 11 is 0. The number of aromatic nitrogens is 6. The summed E-state index contributed by atoms with van der Waals surface area (Å²) < 4.78 is 4.28. The van der Waals surface area contributed by atoms with E-state index in [1.54, 1.807) is 0 Å². The molecule has 1 saturated carbocycles. The van der Waals surface area contributed by atoms with Crippen molar-refractivity contribution >= 4 is 0 Å². The Balaban J connectivity index is 1.48. The lowest BCUT2D eigenvalue weighted by molar-refractivity contribution is 0.117. The number of likely N-dealkylation sites (tertiary alicyclic amines) is 1. The molecule has 1 aliphatic carbocycles. The Bertz CT molecular complexity index is 713. The highest BCUT2D eigenvalue weighted by atomic mass is 15.4. The van der Waals surface area contributed by atoms with Crippen LogP contribution in [0.15, 0.2) is 0 Å². The van der Waals surface area contributed by atoms with Crippen LogP contribution in [0, 0.1) is 13.8 Å². The Labute approximate surface area is 143 Å². The fraction of sp³-hybridized carbons (Fsp3) is 0.765. The molecule has 1 aliphatic heterocycles. The van der Waals surface area contributed by atoms with Crippen molar-refractivity contribution in [3.63, 3.8) is 0 Å². The molecule has 4 rings (SSSR count). The Morgan fingerprint density at radius 3 is 2.62 bits per heavy atom. The van der Waals surface area contributed by atoms with Crippen molar-refractivity contribution in [2.75, 3.05) is 6.54 Å². The maximum atomic E-state index is 4.54. The van der Waals surface area contributed by atoms with E-state index in [2.05, 4.69) is 41.5 Å². The van der Waals surface area contributed by atoms with Gasteiger partial charge in [0.2, 0.25) is 0 Å². The Kier molecular flexibility index (Phi) is 4.12. The fourth-order valence-corrected chi connectivity index (χ4v) is 3.80. The summed E-state index contributed by atoms with van der Waals surface area (Å²) in [6.45, 7) is 6.93. The first-order valence-corrected chi connectivity index (χ1v) is 9.12. The molecule has 2 aromatic heterocycles. The second-order valence-electron chi connectivity index (χ2n) is 7.32. The van der Waals surface area contributed by atoms with E-state index in [0.717, 1.165) is 37.1 Å². The monoisotopic (exact) mass is 329 g/mol. The zero-order chi connectivity index (χ0) is 16.7. The van der Waals surface area contributed by atoms with Gasteiger partial charge < -0.3 is 4.57 Å². The van der Waals surface area contributed by atoms with Gasteiger partial charge in [-0.05, 0) is 46.1 Å². The second-order valence-corrected chi connectivity index (χ2v) is 7.32. The molecule has 0 amide bonds. The quantitative estimate of drug-likeness (QED) is 0.839. The maximum absolute atomic E-state index is 4.54. The van der Waals surface area contributed by atoms with Gasteiger partial charge in [-0.1, -0.05) is 6.42 Å². The smallest absolute Gasteiger partial charge is 0.147 e. The molecule has 7 nitrogen and oxygen atoms in total. The van der Waals surface area contributed by atoms with E-state index in [0.29, 0.717) is 12.0 Å². The first kappa shape index (κ1) is 15.7. The van der Waals surface area contributed by atoms with Gasteiger partial charge in [-0.3, -0.25) is 4.90 Å². The minimum absolute atomic E-state index is 0.500. The number of hydrogen-bond acceptors (Lipinski definition) is 5. The lowest BCUT2D eigenvalue weighted by atomic mass is 10.0. The van der Waals surface area contributed by atoms with Crippen LogP contribution in [0.5, 0.6) is 0 Å². The van der Waals surface area contributed by atoms with Crippen molar-refractivity contribution in [1.29, 1.82) is 0 Å². The second kappa shape index (κ2) is 6.27. The highest BCUT2D eigenvalue weighted by molar-refractivity contribution is 5.08. The fourth-order valence-electron chi connectivity index (χ4n) is 3.80. The van der Waals surface area contributed by atoms with Gasteiger partial charge in [0.1, 0.15) is 23.3 Å². The molecule has 7 heteroatoms. The summed E-state index contributed by atoms with van der Waals surface area (Å²) in [7, 11) is 2.12. The third kappa shape index (κ3) is 3.09. The van der Waals surface area contributed by atoms with E-state index >= 15 is 0 Å². The first-order chi connectivity index (χ1) is 11.6. The van der Waals surface area contributed by atoms with Crippen molar-refractivity contribution in [3.05, 3.63) is 23.3 Å². The minimum Gasteiger partial charge on any atom is -0.317 e. The third-order valence-corrected chi connectivity index (χ3v) is 5.38. The van der Waals surface area contributed by atoms with E-state index in [9.17, 15) is 0 Å². The molecule has 0 bridgehead atoms. The van der Waals surface area contributed by atoms with Crippen LogP contribution in [-0.2, 0) is 20.1 Å². The van der Waals surface area contributed by atoms with E-state index in [4.69, 9.17) is 0 Å². The molecule has 0 N–H and O–H groups in total. The van der Waals surface area contributed by atoms with Crippen LogP contribution in [0.3, 0.4) is 0 Å². The van der Waals surface area contributed by atoms with E-state index in [-0.39, 0.29) is 0 Å². The van der Waals surface area contributed by atoms with E-state index in [1.165, 1.54) is 37.9 Å². The molecule has 130 valence electrons. The molecule has 2 aromatic rings. The number of piperidine rings is 1. The van der Waals surface area contributed by atoms with Crippen molar-refractivity contribution in [3.8, 4) is 0 Å². The summed E-state index contributed by atoms with van der Waals surface area (Å²) in [4.78, 5) is 6.99. The van der Waals surface area contributed by atoms with Gasteiger partial charge in [0.25, 0.3) is 0 Å². The topological polar surface area (TPSA) is 64.7 Å². The Morgan fingerprint density at radius 1 is 1.08 bits per heavy atom. The molecular formula is C17H27N7. The Hall–Kier alpha value is -1.76. The van der Waals surface area contributed by atoms with E-state index < -0.39 is 0 Å². The van der Waals surface area contributed by atoms with Crippen molar-refractivity contribution < 1.29 is 0 Å². The highest BCUT2D eigenvalue weighted by Gasteiger charge is 2.30. The summed E-state index contributed by atoms with van der Waals surface area (Å²) in [5.74, 6) is 4.77. The summed E-state index contributed by atoms with van der Waals surface area (Å²) in [5.41, 5.74) is 0. The maximum Gasteiger partial charge on any atom is 0.147 e. The molecule has 2 fully saturated rings. The largest absolute Gasteiger partial charge is 0.317 e. The Morgan fingerprint density at radius 2 is 1.92 bits per heavy atom. The van der Waals surface area contributed by atoms with Gasteiger partial charge in [0, 0.05) is 19.0 Å². The van der Waals surface area contributed by atoms with Crippen LogP contribution < -0.4 is 0 Å². The van der Waals surface area contributed by atoms with Gasteiger partial charge in [-0.15, -0.1) is 10.2 Å². The van der Waals surface area contributed by atoms with Gasteiger partial charge in [0.05, 0.1) is 13.1 Å². The molecule has 1 atom stereocenters. The first-order valence-electron chi connectivity index (χ1n) is 9.12. The standard InChI is InChI=1S/C17H27N7/c1-12-18-13(2)24(21-12)10-15-6-4-5-9-23(15)11-16-19-20-17(22(16)3)14-7-8-14/h14-15H,4-11H2,1-3H3/t15-/m0/s1. The van der Waals surface area contributed by atoms with Crippen LogP contribution in [0.2, 0.25) is 0 Å². The molecule has 0 aromatic carbocycles. The zero-order valence-corrected chi connectivity index (χ0v) is 14.9. The predicted octanol–water partition coefficient (Wildman–Crippen LogP) is 1.96.